The van der Waals surface area contributed by atoms with Crippen LogP contribution in [0.5, 0.6) is 0 Å². The van der Waals surface area contributed by atoms with Gasteiger partial charge in [0.2, 0.25) is 6.10 Å². The van der Waals surface area contributed by atoms with Gasteiger partial charge in [-0.05, 0) is 0 Å². The van der Waals surface area contributed by atoms with Crippen molar-refractivity contribution < 1.29 is 35.8 Å². The van der Waals surface area contributed by atoms with Crippen molar-refractivity contribution in [1.29, 1.82) is 0 Å². The smallest absolute Gasteiger partial charge is 0.382 e. The SMILES string of the molecule is COCC(CN)OC(C(F)(F)F)C(F)(F)F. The van der Waals surface area contributed by atoms with Gasteiger partial charge in [-0.15, -0.1) is 0 Å². The Kier molecular flexibility index (Phi) is 5.50. The van der Waals surface area contributed by atoms with Crippen LogP contribution in [0.3, 0.4) is 0 Å². The molecule has 0 heterocycles. The molecule has 0 saturated heterocycles. The van der Waals surface area contributed by atoms with Gasteiger partial charge in [0, 0.05) is 13.7 Å². The molecule has 1 atom stereocenters. The van der Waals surface area contributed by atoms with Crippen LogP contribution in [0.4, 0.5) is 26.3 Å². The summed E-state index contributed by atoms with van der Waals surface area (Å²) in [5, 5.41) is 0. The Balaban J connectivity index is 4.67. The van der Waals surface area contributed by atoms with Crippen molar-refractivity contribution in [2.24, 2.45) is 5.73 Å². The maximum Gasteiger partial charge on any atom is 0.423 e. The van der Waals surface area contributed by atoms with E-state index in [9.17, 15) is 26.3 Å². The van der Waals surface area contributed by atoms with Gasteiger partial charge < -0.3 is 15.2 Å². The first kappa shape index (κ1) is 15.5. The molecule has 0 amide bonds. The summed E-state index contributed by atoms with van der Waals surface area (Å²) < 4.78 is 80.4. The van der Waals surface area contributed by atoms with E-state index >= 15 is 0 Å². The van der Waals surface area contributed by atoms with Crippen LogP contribution >= 0.6 is 0 Å². The Morgan fingerprint density at radius 1 is 1.06 bits per heavy atom. The molecule has 0 bridgehead atoms. The molecule has 0 radical (unpaired) electrons. The molecule has 0 rings (SSSR count). The lowest BCUT2D eigenvalue weighted by molar-refractivity contribution is -0.331. The van der Waals surface area contributed by atoms with Gasteiger partial charge in [-0.2, -0.15) is 26.3 Å². The molecular weight excluding hydrogens is 244 g/mol. The number of alkyl halides is 6. The molecule has 0 fully saturated rings. The van der Waals surface area contributed by atoms with E-state index in [0.717, 1.165) is 7.11 Å². The molecule has 2 N–H and O–H groups in total. The summed E-state index contributed by atoms with van der Waals surface area (Å²) in [5.74, 6) is 0. The minimum absolute atomic E-state index is 0.445. The quantitative estimate of drug-likeness (QED) is 0.756. The number of hydrogen-bond acceptors (Lipinski definition) is 3. The van der Waals surface area contributed by atoms with Crippen LogP contribution in [0.2, 0.25) is 0 Å². The molecule has 0 aromatic carbocycles. The van der Waals surface area contributed by atoms with Crippen LogP contribution in [0.1, 0.15) is 0 Å². The van der Waals surface area contributed by atoms with Crippen molar-refractivity contribution in [3.8, 4) is 0 Å². The summed E-state index contributed by atoms with van der Waals surface area (Å²) in [6.07, 6.45) is -16.4. The highest BCUT2D eigenvalue weighted by Crippen LogP contribution is 2.36. The van der Waals surface area contributed by atoms with Gasteiger partial charge in [-0.1, -0.05) is 0 Å². The molecule has 0 aliphatic heterocycles. The van der Waals surface area contributed by atoms with Crippen LogP contribution < -0.4 is 5.73 Å². The molecular formula is C7H11F6NO2. The Morgan fingerprint density at radius 2 is 1.50 bits per heavy atom. The summed E-state index contributed by atoms with van der Waals surface area (Å²) in [6.45, 7) is -0.949. The minimum atomic E-state index is -5.53. The topological polar surface area (TPSA) is 44.5 Å². The second-order valence-electron chi connectivity index (χ2n) is 2.91. The van der Waals surface area contributed by atoms with Crippen molar-refractivity contribution >= 4 is 0 Å². The van der Waals surface area contributed by atoms with E-state index in [2.05, 4.69) is 9.47 Å². The fourth-order valence-electron chi connectivity index (χ4n) is 0.881. The van der Waals surface area contributed by atoms with E-state index in [0.29, 0.717) is 0 Å². The monoisotopic (exact) mass is 255 g/mol. The highest BCUT2D eigenvalue weighted by Gasteiger charge is 2.58. The van der Waals surface area contributed by atoms with Gasteiger partial charge in [0.15, 0.2) is 0 Å². The van der Waals surface area contributed by atoms with Gasteiger partial charge in [-0.25, -0.2) is 0 Å². The fraction of sp³-hybridized carbons (Fsp3) is 1.00. The molecule has 0 aromatic rings. The molecule has 0 aliphatic rings. The van der Waals surface area contributed by atoms with Crippen LogP contribution in [0.25, 0.3) is 0 Å². The lowest BCUT2D eigenvalue weighted by Gasteiger charge is -2.27. The predicted octanol–water partition coefficient (Wildman–Crippen LogP) is 1.47. The molecule has 0 aliphatic carbocycles. The predicted molar refractivity (Wildman–Crippen MR) is 41.7 cm³/mol. The van der Waals surface area contributed by atoms with Crippen molar-refractivity contribution in [3.63, 3.8) is 0 Å². The van der Waals surface area contributed by atoms with E-state index in [1.54, 1.807) is 0 Å². The first-order chi connectivity index (χ1) is 7.12. The van der Waals surface area contributed by atoms with Gasteiger partial charge >= 0.3 is 12.4 Å². The van der Waals surface area contributed by atoms with Crippen molar-refractivity contribution in [1.82, 2.24) is 0 Å². The molecule has 1 unspecified atom stereocenters. The van der Waals surface area contributed by atoms with Gasteiger partial charge in [0.1, 0.15) is 0 Å². The zero-order valence-electron chi connectivity index (χ0n) is 8.23. The lowest BCUT2D eigenvalue weighted by Crippen LogP contribution is -2.48. The Bertz CT molecular complexity index is 190. The van der Waals surface area contributed by atoms with Gasteiger partial charge in [0.25, 0.3) is 0 Å². The number of ether oxygens (including phenoxy) is 2. The highest BCUT2D eigenvalue weighted by atomic mass is 19.4. The summed E-state index contributed by atoms with van der Waals surface area (Å²) in [4.78, 5) is 0. The van der Waals surface area contributed by atoms with E-state index in [4.69, 9.17) is 5.73 Å². The largest absolute Gasteiger partial charge is 0.423 e. The Labute approximate surface area is 87.5 Å². The first-order valence-electron chi connectivity index (χ1n) is 4.10. The molecule has 3 nitrogen and oxygen atoms in total. The van der Waals surface area contributed by atoms with Gasteiger partial charge in [-0.3, -0.25) is 0 Å². The van der Waals surface area contributed by atoms with Crippen molar-refractivity contribution in [2.45, 2.75) is 24.6 Å². The van der Waals surface area contributed by atoms with Crippen LogP contribution in [0.15, 0.2) is 0 Å². The number of halogens is 6. The minimum Gasteiger partial charge on any atom is -0.382 e. The van der Waals surface area contributed by atoms with Crippen LogP contribution in [-0.4, -0.2) is 44.8 Å². The molecule has 0 aromatic heterocycles. The third kappa shape index (κ3) is 4.99. The maximum atomic E-state index is 12.0. The molecule has 16 heavy (non-hydrogen) atoms. The van der Waals surface area contributed by atoms with E-state index in [1.165, 1.54) is 0 Å². The molecule has 0 spiro atoms. The number of nitrogens with two attached hydrogens (primary N) is 1. The fourth-order valence-corrected chi connectivity index (χ4v) is 0.881. The maximum absolute atomic E-state index is 12.0. The summed E-state index contributed by atoms with van der Waals surface area (Å²) in [7, 11) is 1.11. The third-order valence-electron chi connectivity index (χ3n) is 1.54. The van der Waals surface area contributed by atoms with Gasteiger partial charge in [0.05, 0.1) is 12.7 Å². The average molecular weight is 255 g/mol. The number of methoxy groups -OCH3 is 1. The van der Waals surface area contributed by atoms with Crippen molar-refractivity contribution in [2.75, 3.05) is 20.3 Å². The zero-order valence-corrected chi connectivity index (χ0v) is 8.23. The number of hydrogen-bond donors (Lipinski definition) is 1. The summed E-state index contributed by atoms with van der Waals surface area (Å²) in [6, 6.07) is 0. The van der Waals surface area contributed by atoms with Crippen LogP contribution in [-0.2, 0) is 9.47 Å². The average Bonchev–Trinajstić information content (AvgIpc) is 2.07. The standard InChI is InChI=1S/C7H11F6NO2/c1-15-3-4(2-14)16-5(6(8,9)10)7(11,12)13/h4-5H,2-3,14H2,1H3. The normalized spacial score (nSPS) is 15.6. The molecule has 0 saturated carbocycles. The summed E-state index contributed by atoms with van der Waals surface area (Å²) in [5.41, 5.74) is 4.95. The van der Waals surface area contributed by atoms with Crippen LogP contribution in [0, 0.1) is 0 Å². The lowest BCUT2D eigenvalue weighted by atomic mass is 10.3. The summed E-state index contributed by atoms with van der Waals surface area (Å²) >= 11 is 0. The second-order valence-corrected chi connectivity index (χ2v) is 2.91. The van der Waals surface area contributed by atoms with Crippen molar-refractivity contribution in [3.05, 3.63) is 0 Å². The number of rotatable bonds is 5. The van der Waals surface area contributed by atoms with E-state index in [1.807, 2.05) is 0 Å². The Morgan fingerprint density at radius 3 is 1.75 bits per heavy atom. The molecule has 9 heteroatoms. The Hall–Kier alpha value is -0.540. The zero-order chi connectivity index (χ0) is 13.0. The van der Waals surface area contributed by atoms with E-state index < -0.39 is 37.7 Å². The third-order valence-corrected chi connectivity index (χ3v) is 1.54. The van der Waals surface area contributed by atoms with E-state index in [-0.39, 0.29) is 0 Å². The second kappa shape index (κ2) is 5.69. The highest BCUT2D eigenvalue weighted by molar-refractivity contribution is 4.78. The molecule has 98 valence electrons. The first-order valence-corrected chi connectivity index (χ1v) is 4.10.